The van der Waals surface area contributed by atoms with Crippen molar-refractivity contribution in [3.8, 4) is 0 Å². The fourth-order valence-electron chi connectivity index (χ4n) is 1.15. The van der Waals surface area contributed by atoms with Gasteiger partial charge in [0, 0.05) is 19.3 Å². The first-order chi connectivity index (χ1) is 6.00. The summed E-state index contributed by atoms with van der Waals surface area (Å²) in [4.78, 5) is 0. The topological polar surface area (TPSA) is 29.9 Å². The van der Waals surface area contributed by atoms with Gasteiger partial charge in [0.2, 0.25) is 0 Å². The summed E-state index contributed by atoms with van der Waals surface area (Å²) in [6.07, 6.45) is 2.02. The minimum atomic E-state index is 0.489. The van der Waals surface area contributed by atoms with Gasteiger partial charge in [0.15, 0.2) is 0 Å². The lowest BCUT2D eigenvalue weighted by Crippen LogP contribution is -2.21. The van der Waals surface area contributed by atoms with E-state index in [1.54, 1.807) is 0 Å². The molecule has 1 N–H and O–H groups in total. The third-order valence-corrected chi connectivity index (χ3v) is 2.40. The standard InChI is InChI=1S/C10H19N3/c1-7(2)8(3)11-10-6-13(5)12-9(10)4/h6-8,11H,1-5H3. The van der Waals surface area contributed by atoms with E-state index in [0.717, 1.165) is 11.4 Å². The van der Waals surface area contributed by atoms with Gasteiger partial charge in [0.25, 0.3) is 0 Å². The molecule has 0 bridgehead atoms. The second-order valence-corrected chi connectivity index (χ2v) is 3.98. The molecule has 1 unspecified atom stereocenters. The van der Waals surface area contributed by atoms with Crippen LogP contribution in [0, 0.1) is 12.8 Å². The maximum atomic E-state index is 4.28. The third-order valence-electron chi connectivity index (χ3n) is 2.40. The van der Waals surface area contributed by atoms with Crippen LogP contribution in [0.1, 0.15) is 26.5 Å². The number of hydrogen-bond donors (Lipinski definition) is 1. The Hall–Kier alpha value is -0.990. The first-order valence-electron chi connectivity index (χ1n) is 4.77. The van der Waals surface area contributed by atoms with E-state index >= 15 is 0 Å². The van der Waals surface area contributed by atoms with Crippen molar-refractivity contribution in [3.63, 3.8) is 0 Å². The number of anilines is 1. The van der Waals surface area contributed by atoms with Crippen molar-refractivity contribution in [3.05, 3.63) is 11.9 Å². The Bertz CT molecular complexity index is 276. The molecule has 0 aliphatic carbocycles. The molecule has 13 heavy (non-hydrogen) atoms. The van der Waals surface area contributed by atoms with Crippen LogP contribution in [0.3, 0.4) is 0 Å². The Morgan fingerprint density at radius 2 is 2.00 bits per heavy atom. The van der Waals surface area contributed by atoms with Crippen LogP contribution in [0.2, 0.25) is 0 Å². The van der Waals surface area contributed by atoms with Gasteiger partial charge in [-0.15, -0.1) is 0 Å². The van der Waals surface area contributed by atoms with Gasteiger partial charge < -0.3 is 5.32 Å². The molecule has 1 atom stereocenters. The van der Waals surface area contributed by atoms with E-state index < -0.39 is 0 Å². The number of aromatic nitrogens is 2. The van der Waals surface area contributed by atoms with E-state index in [-0.39, 0.29) is 0 Å². The van der Waals surface area contributed by atoms with Crippen LogP contribution in [0.5, 0.6) is 0 Å². The van der Waals surface area contributed by atoms with Crippen LogP contribution >= 0.6 is 0 Å². The average Bonchev–Trinajstić information content (AvgIpc) is 2.30. The summed E-state index contributed by atoms with van der Waals surface area (Å²) in [5.74, 6) is 0.639. The lowest BCUT2D eigenvalue weighted by molar-refractivity contribution is 0.559. The monoisotopic (exact) mass is 181 g/mol. The van der Waals surface area contributed by atoms with Crippen molar-refractivity contribution < 1.29 is 0 Å². The second-order valence-electron chi connectivity index (χ2n) is 3.98. The van der Waals surface area contributed by atoms with Crippen LogP contribution < -0.4 is 5.32 Å². The van der Waals surface area contributed by atoms with Crippen LogP contribution in [0.15, 0.2) is 6.20 Å². The van der Waals surface area contributed by atoms with Crippen LogP contribution in [-0.4, -0.2) is 15.8 Å². The van der Waals surface area contributed by atoms with Gasteiger partial charge in [0.1, 0.15) is 0 Å². The van der Waals surface area contributed by atoms with Crippen molar-refractivity contribution in [1.29, 1.82) is 0 Å². The Balaban J connectivity index is 2.68. The van der Waals surface area contributed by atoms with Gasteiger partial charge in [-0.25, -0.2) is 0 Å². The zero-order chi connectivity index (χ0) is 10.0. The predicted octanol–water partition coefficient (Wildman–Crippen LogP) is 2.18. The van der Waals surface area contributed by atoms with Gasteiger partial charge in [-0.1, -0.05) is 13.8 Å². The predicted molar refractivity (Wildman–Crippen MR) is 55.9 cm³/mol. The lowest BCUT2D eigenvalue weighted by atomic mass is 10.1. The second kappa shape index (κ2) is 3.81. The molecule has 0 aromatic carbocycles. The van der Waals surface area contributed by atoms with E-state index in [9.17, 15) is 0 Å². The molecule has 0 aliphatic rings. The van der Waals surface area contributed by atoms with E-state index in [4.69, 9.17) is 0 Å². The molecular formula is C10H19N3. The molecule has 3 nitrogen and oxygen atoms in total. The summed E-state index contributed by atoms with van der Waals surface area (Å²) < 4.78 is 1.84. The average molecular weight is 181 g/mol. The van der Waals surface area contributed by atoms with Gasteiger partial charge in [-0.2, -0.15) is 5.10 Å². The molecule has 0 saturated carbocycles. The first kappa shape index (κ1) is 10.1. The van der Waals surface area contributed by atoms with Crippen molar-refractivity contribution in [2.45, 2.75) is 33.7 Å². The Morgan fingerprint density at radius 3 is 2.38 bits per heavy atom. The summed E-state index contributed by atoms with van der Waals surface area (Å²) in [7, 11) is 1.94. The molecule has 0 amide bonds. The molecular weight excluding hydrogens is 162 g/mol. The highest BCUT2D eigenvalue weighted by Crippen LogP contribution is 2.15. The maximum Gasteiger partial charge on any atom is 0.0825 e. The van der Waals surface area contributed by atoms with Crippen LogP contribution in [0.4, 0.5) is 5.69 Å². The molecule has 1 rings (SSSR count). The zero-order valence-corrected chi connectivity index (χ0v) is 9.13. The molecule has 0 fully saturated rings. The summed E-state index contributed by atoms with van der Waals surface area (Å²) in [6.45, 7) is 8.64. The minimum Gasteiger partial charge on any atom is -0.380 e. The molecule has 1 aromatic heterocycles. The number of rotatable bonds is 3. The number of nitrogens with zero attached hydrogens (tertiary/aromatic N) is 2. The summed E-state index contributed by atoms with van der Waals surface area (Å²) in [6, 6.07) is 0.489. The zero-order valence-electron chi connectivity index (χ0n) is 9.13. The van der Waals surface area contributed by atoms with Gasteiger partial charge >= 0.3 is 0 Å². The van der Waals surface area contributed by atoms with Crippen molar-refractivity contribution in [1.82, 2.24) is 9.78 Å². The fourth-order valence-corrected chi connectivity index (χ4v) is 1.15. The van der Waals surface area contributed by atoms with E-state index in [1.807, 2.05) is 24.9 Å². The molecule has 0 saturated heterocycles. The minimum absolute atomic E-state index is 0.489. The highest BCUT2D eigenvalue weighted by Gasteiger charge is 2.09. The van der Waals surface area contributed by atoms with E-state index in [2.05, 4.69) is 31.2 Å². The van der Waals surface area contributed by atoms with E-state index in [1.165, 1.54) is 0 Å². The summed E-state index contributed by atoms with van der Waals surface area (Å²) in [5, 5.41) is 7.72. The Labute approximate surface area is 80.1 Å². The van der Waals surface area contributed by atoms with E-state index in [0.29, 0.717) is 12.0 Å². The van der Waals surface area contributed by atoms with Gasteiger partial charge in [-0.05, 0) is 19.8 Å². The molecule has 0 spiro atoms. The summed E-state index contributed by atoms with van der Waals surface area (Å²) >= 11 is 0. The highest BCUT2D eigenvalue weighted by molar-refractivity contribution is 5.46. The molecule has 0 radical (unpaired) electrons. The maximum absolute atomic E-state index is 4.28. The molecule has 74 valence electrons. The molecule has 3 heteroatoms. The van der Waals surface area contributed by atoms with Crippen molar-refractivity contribution in [2.24, 2.45) is 13.0 Å². The molecule has 1 heterocycles. The normalized spacial score (nSPS) is 13.4. The summed E-state index contributed by atoms with van der Waals surface area (Å²) in [5.41, 5.74) is 2.21. The van der Waals surface area contributed by atoms with Crippen LogP contribution in [-0.2, 0) is 7.05 Å². The van der Waals surface area contributed by atoms with Crippen LogP contribution in [0.25, 0.3) is 0 Å². The van der Waals surface area contributed by atoms with Gasteiger partial charge in [0.05, 0.1) is 11.4 Å². The number of hydrogen-bond acceptors (Lipinski definition) is 2. The third kappa shape index (κ3) is 2.47. The lowest BCUT2D eigenvalue weighted by Gasteiger charge is -2.17. The molecule has 1 aromatic rings. The Kier molecular flexibility index (Phi) is 2.96. The van der Waals surface area contributed by atoms with Gasteiger partial charge in [-0.3, -0.25) is 4.68 Å². The number of aryl methyl sites for hydroxylation is 2. The smallest absolute Gasteiger partial charge is 0.0825 e. The van der Waals surface area contributed by atoms with Crippen molar-refractivity contribution >= 4 is 5.69 Å². The highest BCUT2D eigenvalue weighted by atomic mass is 15.3. The first-order valence-corrected chi connectivity index (χ1v) is 4.77. The van der Waals surface area contributed by atoms with Crippen molar-refractivity contribution in [2.75, 3.05) is 5.32 Å². The Morgan fingerprint density at radius 1 is 1.38 bits per heavy atom. The largest absolute Gasteiger partial charge is 0.380 e. The quantitative estimate of drug-likeness (QED) is 0.774. The number of nitrogens with one attached hydrogen (secondary N) is 1. The SMILES string of the molecule is Cc1nn(C)cc1NC(C)C(C)C. The molecule has 0 aliphatic heterocycles. The fraction of sp³-hybridized carbons (Fsp3) is 0.700.